The van der Waals surface area contributed by atoms with Gasteiger partial charge in [0.2, 0.25) is 0 Å². The van der Waals surface area contributed by atoms with Crippen LogP contribution in [-0.4, -0.2) is 4.57 Å². The number of aromatic nitrogens is 1. The van der Waals surface area contributed by atoms with Crippen molar-refractivity contribution in [3.05, 3.63) is 257 Å². The molecule has 15 rings (SSSR count). The van der Waals surface area contributed by atoms with Gasteiger partial charge in [0.1, 0.15) is 0 Å². The molecule has 3 nitrogen and oxygen atoms in total. The van der Waals surface area contributed by atoms with E-state index in [0.717, 1.165) is 5.69 Å². The van der Waals surface area contributed by atoms with Gasteiger partial charge in [0, 0.05) is 38.1 Å². The van der Waals surface area contributed by atoms with E-state index in [0.29, 0.717) is 0 Å². The highest BCUT2D eigenvalue weighted by Gasteiger charge is 2.47. The standard InChI is InChI=1S/C72H59N3/c1-69(2)53-22-12-16-26-63(53)74-64-27-17-13-23-54(64)70(3,4)58-41-48(40-57(69)67(58)74)46-32-36-61-51(38-46)52-39-47(33-37-62(52)73(61)50-34-30-45(31-35-50)44-20-10-9-11-21-44)49-42-59-68-60(43-49)72(7,8)56-25-15-19-29-66(56)75(68)65-28-18-14-24-55(65)71(59,5)6/h9-43H,1-8H3. The van der Waals surface area contributed by atoms with Gasteiger partial charge >= 0.3 is 0 Å². The summed E-state index contributed by atoms with van der Waals surface area (Å²) in [5.74, 6) is 0. The van der Waals surface area contributed by atoms with Crippen LogP contribution in [0.4, 0.5) is 34.1 Å². The molecule has 75 heavy (non-hydrogen) atoms. The molecule has 0 unspecified atom stereocenters. The number of hydrogen-bond donors (Lipinski definition) is 0. The summed E-state index contributed by atoms with van der Waals surface area (Å²) >= 11 is 0. The van der Waals surface area contributed by atoms with Gasteiger partial charge in [-0.3, -0.25) is 0 Å². The molecule has 10 aromatic carbocycles. The Hall–Kier alpha value is -8.40. The second-order valence-corrected chi connectivity index (χ2v) is 23.8. The minimum atomic E-state index is -0.227. The molecule has 0 bridgehead atoms. The fourth-order valence-electron chi connectivity index (χ4n) is 14.2. The molecular formula is C72H59N3. The summed E-state index contributed by atoms with van der Waals surface area (Å²) < 4.78 is 2.48. The van der Waals surface area contributed by atoms with Crippen molar-refractivity contribution in [1.82, 2.24) is 4.57 Å². The first-order valence-corrected chi connectivity index (χ1v) is 26.8. The Morgan fingerprint density at radius 2 is 0.560 bits per heavy atom. The minimum Gasteiger partial charge on any atom is -0.309 e. The Balaban J connectivity index is 0.961. The second kappa shape index (κ2) is 15.1. The SMILES string of the molecule is CC1(C)c2ccccc2N2c3ccccc3C(C)(C)c3cc(-c4ccc5c(c4)c4cc(-c6cc7c8c(c6)C(C)(C)c6ccccc6N8c6ccccc6C7(C)C)ccc4n5-c4ccc(-c5ccccc5)cc4)cc1c32. The summed E-state index contributed by atoms with van der Waals surface area (Å²) in [4.78, 5) is 5.12. The van der Waals surface area contributed by atoms with Crippen LogP contribution in [0.25, 0.3) is 60.9 Å². The van der Waals surface area contributed by atoms with Gasteiger partial charge in [-0.15, -0.1) is 0 Å². The predicted octanol–water partition coefficient (Wildman–Crippen LogP) is 19.3. The summed E-state index contributed by atoms with van der Waals surface area (Å²) in [6.07, 6.45) is 0. The molecule has 362 valence electrons. The summed E-state index contributed by atoms with van der Waals surface area (Å²) in [7, 11) is 0. The van der Waals surface area contributed by atoms with E-state index in [1.165, 1.54) is 134 Å². The Labute approximate surface area is 441 Å². The van der Waals surface area contributed by atoms with E-state index in [-0.39, 0.29) is 21.7 Å². The van der Waals surface area contributed by atoms with E-state index in [1.807, 2.05) is 0 Å². The van der Waals surface area contributed by atoms with E-state index in [9.17, 15) is 0 Å². The average molecular weight is 966 g/mol. The number of para-hydroxylation sites is 4. The molecule has 0 saturated carbocycles. The largest absolute Gasteiger partial charge is 0.309 e. The topological polar surface area (TPSA) is 11.4 Å². The maximum atomic E-state index is 2.56. The van der Waals surface area contributed by atoms with Crippen molar-refractivity contribution in [3.63, 3.8) is 0 Å². The third kappa shape index (κ3) is 5.93. The normalized spacial score (nSPS) is 16.4. The van der Waals surface area contributed by atoms with Gasteiger partial charge in [0.25, 0.3) is 0 Å². The highest BCUT2D eigenvalue weighted by Crippen LogP contribution is 2.63. The molecule has 0 saturated heterocycles. The first-order chi connectivity index (χ1) is 36.2. The lowest BCUT2D eigenvalue weighted by Crippen LogP contribution is -2.38. The smallest absolute Gasteiger partial charge is 0.0544 e. The third-order valence-corrected chi connectivity index (χ3v) is 18.3. The molecule has 4 aliphatic rings. The first-order valence-electron chi connectivity index (χ1n) is 26.8. The Morgan fingerprint density at radius 3 is 0.920 bits per heavy atom. The zero-order valence-electron chi connectivity index (χ0n) is 44.0. The number of fused-ring (bicyclic) bond motifs is 11. The summed E-state index contributed by atoms with van der Waals surface area (Å²) in [5.41, 5.74) is 28.6. The fourth-order valence-corrected chi connectivity index (χ4v) is 14.2. The zero-order chi connectivity index (χ0) is 50.9. The van der Waals surface area contributed by atoms with Gasteiger partial charge in [-0.2, -0.15) is 0 Å². The molecule has 0 N–H and O–H groups in total. The van der Waals surface area contributed by atoms with Gasteiger partial charge < -0.3 is 14.4 Å². The third-order valence-electron chi connectivity index (χ3n) is 18.3. The summed E-state index contributed by atoms with van der Waals surface area (Å²) in [5, 5.41) is 2.49. The molecule has 1 aromatic heterocycles. The number of nitrogens with zero attached hydrogens (tertiary/aromatic N) is 3. The molecule has 3 heteroatoms. The van der Waals surface area contributed by atoms with Crippen molar-refractivity contribution in [2.24, 2.45) is 0 Å². The van der Waals surface area contributed by atoms with Gasteiger partial charge in [-0.25, -0.2) is 0 Å². The Morgan fingerprint density at radius 1 is 0.253 bits per heavy atom. The molecule has 0 amide bonds. The summed E-state index contributed by atoms with van der Waals surface area (Å²) in [6, 6.07) is 80.6. The molecule has 4 aliphatic heterocycles. The fraction of sp³-hybridized carbons (Fsp3) is 0.167. The van der Waals surface area contributed by atoms with Crippen molar-refractivity contribution in [3.8, 4) is 39.1 Å². The van der Waals surface area contributed by atoms with Crippen LogP contribution in [0.3, 0.4) is 0 Å². The summed E-state index contributed by atoms with van der Waals surface area (Å²) in [6.45, 7) is 19.4. The van der Waals surface area contributed by atoms with Gasteiger partial charge in [-0.05, 0) is 163 Å². The second-order valence-electron chi connectivity index (χ2n) is 23.8. The molecule has 0 radical (unpaired) electrons. The van der Waals surface area contributed by atoms with Crippen LogP contribution < -0.4 is 9.80 Å². The minimum absolute atomic E-state index is 0.227. The molecule has 11 aromatic rings. The Kier molecular flexibility index (Phi) is 8.89. The van der Waals surface area contributed by atoms with Gasteiger partial charge in [0.15, 0.2) is 0 Å². The molecule has 0 fully saturated rings. The zero-order valence-corrected chi connectivity index (χ0v) is 44.0. The Bertz CT molecular complexity index is 3850. The number of rotatable bonds is 4. The highest BCUT2D eigenvalue weighted by molar-refractivity contribution is 6.12. The average Bonchev–Trinajstić information content (AvgIpc) is 3.83. The van der Waals surface area contributed by atoms with E-state index in [2.05, 4.69) is 282 Å². The lowest BCUT2D eigenvalue weighted by Gasteiger charge is -2.49. The molecule has 5 heterocycles. The van der Waals surface area contributed by atoms with Crippen molar-refractivity contribution >= 4 is 55.9 Å². The number of benzene rings is 10. The van der Waals surface area contributed by atoms with Crippen molar-refractivity contribution < 1.29 is 0 Å². The van der Waals surface area contributed by atoms with Crippen LogP contribution in [0.2, 0.25) is 0 Å². The van der Waals surface area contributed by atoms with Crippen molar-refractivity contribution in [2.45, 2.75) is 77.0 Å². The monoisotopic (exact) mass is 965 g/mol. The molecule has 0 spiro atoms. The van der Waals surface area contributed by atoms with E-state index < -0.39 is 0 Å². The van der Waals surface area contributed by atoms with E-state index >= 15 is 0 Å². The van der Waals surface area contributed by atoms with Crippen LogP contribution in [0.15, 0.2) is 212 Å². The lowest BCUT2D eigenvalue weighted by molar-refractivity contribution is 0.597. The van der Waals surface area contributed by atoms with Crippen LogP contribution in [0.5, 0.6) is 0 Å². The predicted molar refractivity (Wildman–Crippen MR) is 315 cm³/mol. The van der Waals surface area contributed by atoms with Gasteiger partial charge in [0.05, 0.1) is 45.2 Å². The quantitative estimate of drug-likeness (QED) is 0.174. The van der Waals surface area contributed by atoms with E-state index in [1.54, 1.807) is 0 Å². The van der Waals surface area contributed by atoms with Crippen LogP contribution in [-0.2, 0) is 21.7 Å². The van der Waals surface area contributed by atoms with Crippen molar-refractivity contribution in [2.75, 3.05) is 9.80 Å². The maximum Gasteiger partial charge on any atom is 0.0544 e. The number of anilines is 6. The van der Waals surface area contributed by atoms with E-state index in [4.69, 9.17) is 0 Å². The maximum absolute atomic E-state index is 2.56. The molecular weight excluding hydrogens is 907 g/mol. The van der Waals surface area contributed by atoms with Crippen molar-refractivity contribution in [1.29, 1.82) is 0 Å². The van der Waals surface area contributed by atoms with Crippen LogP contribution in [0.1, 0.15) is 99.9 Å². The van der Waals surface area contributed by atoms with Gasteiger partial charge in [-0.1, -0.05) is 183 Å². The molecule has 0 atom stereocenters. The van der Waals surface area contributed by atoms with Crippen LogP contribution in [0, 0.1) is 0 Å². The first kappa shape index (κ1) is 44.1. The highest BCUT2D eigenvalue weighted by atomic mass is 15.2. The van der Waals surface area contributed by atoms with Crippen LogP contribution >= 0.6 is 0 Å². The molecule has 0 aliphatic carbocycles. The lowest BCUT2D eigenvalue weighted by atomic mass is 9.65. The number of hydrogen-bond acceptors (Lipinski definition) is 2.